The number of aromatic nitrogens is 3. The molecule has 0 aliphatic rings. The third-order valence-corrected chi connectivity index (χ3v) is 3.78. The molecule has 0 atom stereocenters. The number of hydrogen-bond acceptors (Lipinski definition) is 7. The fourth-order valence-electron chi connectivity index (χ4n) is 1.61. The van der Waals surface area contributed by atoms with E-state index in [9.17, 15) is 17.8 Å². The monoisotopic (exact) mass is 407 g/mol. The zero-order chi connectivity index (χ0) is 15.6. The maximum absolute atomic E-state index is 11.5. The average molecular weight is 408 g/mol. The van der Waals surface area contributed by atoms with Gasteiger partial charge in [-0.25, -0.2) is 0 Å². The molecule has 0 fully saturated rings. The van der Waals surface area contributed by atoms with E-state index in [1.54, 1.807) is 6.92 Å². The normalized spacial score (nSPS) is 11.6. The van der Waals surface area contributed by atoms with Gasteiger partial charge >= 0.3 is 132 Å². The summed E-state index contributed by atoms with van der Waals surface area (Å²) in [5, 5.41) is 7.23. The molecule has 0 bridgehead atoms. The van der Waals surface area contributed by atoms with Crippen molar-refractivity contribution in [1.29, 1.82) is 0 Å². The van der Waals surface area contributed by atoms with Crippen molar-refractivity contribution in [3.63, 3.8) is 0 Å². The number of carbonyl (C=O) groups excluding carboxylic acids is 1. The van der Waals surface area contributed by atoms with Gasteiger partial charge < -0.3 is 0 Å². The zero-order valence-corrected chi connectivity index (χ0v) is 12.9. The van der Waals surface area contributed by atoms with Crippen molar-refractivity contribution in [3.05, 3.63) is 12.1 Å². The van der Waals surface area contributed by atoms with Crippen LogP contribution in [0.25, 0.3) is 11.0 Å². The summed E-state index contributed by atoms with van der Waals surface area (Å²) >= 11 is 3.05. The van der Waals surface area contributed by atoms with Crippen molar-refractivity contribution >= 4 is 27.1 Å². The first kappa shape index (κ1) is 15.9. The van der Waals surface area contributed by atoms with Crippen molar-refractivity contribution < 1.29 is 48.6 Å². The van der Waals surface area contributed by atoms with Crippen molar-refractivity contribution in [2.45, 2.75) is 11.8 Å². The third-order valence-electron chi connectivity index (χ3n) is 2.38. The van der Waals surface area contributed by atoms with Gasteiger partial charge in [-0.2, -0.15) is 0 Å². The zero-order valence-electron chi connectivity index (χ0n) is 10.6. The molecule has 11 heteroatoms. The van der Waals surface area contributed by atoms with E-state index in [1.165, 1.54) is 12.1 Å². The van der Waals surface area contributed by atoms with Crippen LogP contribution in [0.5, 0.6) is 5.75 Å². The molecule has 0 saturated heterocycles. The van der Waals surface area contributed by atoms with Crippen LogP contribution in [0.15, 0.2) is 17.0 Å². The van der Waals surface area contributed by atoms with Crippen LogP contribution in [-0.4, -0.2) is 45.6 Å². The predicted molar refractivity (Wildman–Crippen MR) is 64.9 cm³/mol. The van der Waals surface area contributed by atoms with Crippen molar-refractivity contribution in [1.82, 2.24) is 13.4 Å². The summed E-state index contributed by atoms with van der Waals surface area (Å²) < 4.78 is 43.3. The van der Waals surface area contributed by atoms with E-state index in [4.69, 9.17) is 4.74 Å². The SMILES string of the molecule is CCOC(=O)COc1ccc2c(nn[n]2[Ag])c1S(=O)(=O)O. The van der Waals surface area contributed by atoms with Gasteiger partial charge in [0.25, 0.3) is 0 Å². The van der Waals surface area contributed by atoms with Gasteiger partial charge in [-0.1, -0.05) is 0 Å². The van der Waals surface area contributed by atoms with E-state index in [0.29, 0.717) is 5.52 Å². The second-order valence-corrected chi connectivity index (χ2v) is 5.73. The summed E-state index contributed by atoms with van der Waals surface area (Å²) in [6.07, 6.45) is 0. The van der Waals surface area contributed by atoms with Gasteiger partial charge in [0.1, 0.15) is 0 Å². The quantitative estimate of drug-likeness (QED) is 0.415. The Hall–Kier alpha value is -1.46. The van der Waals surface area contributed by atoms with Crippen molar-refractivity contribution in [2.75, 3.05) is 13.2 Å². The first-order valence-electron chi connectivity index (χ1n) is 5.61. The molecule has 118 valence electrons. The minimum atomic E-state index is -4.62. The molecule has 2 rings (SSSR count). The summed E-state index contributed by atoms with van der Waals surface area (Å²) in [6.45, 7) is 1.30. The van der Waals surface area contributed by atoms with E-state index in [0.717, 1.165) is 3.09 Å². The summed E-state index contributed by atoms with van der Waals surface area (Å²) in [6, 6.07) is 2.75. The second kappa shape index (κ2) is 6.12. The molecule has 0 saturated carbocycles. The number of benzene rings is 1. The Kier molecular flexibility index (Phi) is 4.64. The minimum absolute atomic E-state index is 0.0879. The molecule has 0 aliphatic heterocycles. The standard InChI is InChI=1S/C10H10N3O6S.Ag/c1-2-18-8(14)5-19-7-4-3-6-9(12-13-11-6)10(7)20(15,16)17;/h3-4H,2,5H2,1H3,(H-,11,12,13,15,16,17);/q-1;+1. The molecule has 0 amide bonds. The van der Waals surface area contributed by atoms with E-state index < -0.39 is 27.6 Å². The topological polar surface area (TPSA) is 121 Å². The number of ether oxygens (including phenoxy) is 2. The number of fused-ring (bicyclic) bond motifs is 1. The van der Waals surface area contributed by atoms with Crippen molar-refractivity contribution in [2.24, 2.45) is 0 Å². The maximum atomic E-state index is 11.5. The van der Waals surface area contributed by atoms with Gasteiger partial charge in [0.2, 0.25) is 0 Å². The predicted octanol–water partition coefficient (Wildman–Crippen LogP) is -0.0702. The molecule has 1 aromatic carbocycles. The second-order valence-electron chi connectivity index (χ2n) is 3.75. The molecule has 21 heavy (non-hydrogen) atoms. The number of hydrogen-bond donors (Lipinski definition) is 1. The fraction of sp³-hybridized carbons (Fsp3) is 0.300. The van der Waals surface area contributed by atoms with Gasteiger partial charge in [-0.3, -0.25) is 0 Å². The molecular formula is C10H10AgN3O6S. The van der Waals surface area contributed by atoms with Gasteiger partial charge in [0.15, 0.2) is 0 Å². The molecule has 0 aliphatic carbocycles. The van der Waals surface area contributed by atoms with Gasteiger partial charge in [0, 0.05) is 0 Å². The van der Waals surface area contributed by atoms with E-state index in [-0.39, 0.29) is 17.9 Å². The first-order chi connectivity index (χ1) is 9.84. The van der Waals surface area contributed by atoms with Crippen LogP contribution in [0.4, 0.5) is 0 Å². The molecular weight excluding hydrogens is 398 g/mol. The van der Waals surface area contributed by atoms with Crippen LogP contribution in [0.3, 0.4) is 0 Å². The van der Waals surface area contributed by atoms with Crippen LogP contribution in [0.1, 0.15) is 6.92 Å². The van der Waals surface area contributed by atoms with E-state index >= 15 is 0 Å². The molecule has 0 unspecified atom stereocenters. The number of carbonyl (C=O) groups is 1. The average Bonchev–Trinajstić information content (AvgIpc) is 2.76. The molecule has 1 heterocycles. The Balaban J connectivity index is 2.46. The molecule has 9 nitrogen and oxygen atoms in total. The van der Waals surface area contributed by atoms with Crippen LogP contribution in [-0.2, 0) is 41.0 Å². The van der Waals surface area contributed by atoms with E-state index in [2.05, 4.69) is 36.4 Å². The summed E-state index contributed by atoms with van der Waals surface area (Å²) in [5.41, 5.74) is 0.222. The Morgan fingerprint density at radius 2 is 2.19 bits per heavy atom. The van der Waals surface area contributed by atoms with Crippen molar-refractivity contribution in [3.8, 4) is 5.75 Å². The third kappa shape index (κ3) is 3.41. The Labute approximate surface area is 132 Å². The first-order valence-corrected chi connectivity index (χ1v) is 7.72. The summed E-state index contributed by atoms with van der Waals surface area (Å²) in [5.74, 6) is -0.881. The van der Waals surface area contributed by atoms with Gasteiger partial charge in [-0.15, -0.1) is 0 Å². The number of rotatable bonds is 5. The summed E-state index contributed by atoms with van der Waals surface area (Å²) in [7, 11) is -4.62. The van der Waals surface area contributed by atoms with Crippen LogP contribution in [0.2, 0.25) is 0 Å². The van der Waals surface area contributed by atoms with Gasteiger partial charge in [-0.05, 0) is 0 Å². The molecule has 0 spiro atoms. The Morgan fingerprint density at radius 3 is 2.81 bits per heavy atom. The molecule has 0 radical (unpaired) electrons. The van der Waals surface area contributed by atoms with Crippen LogP contribution >= 0.6 is 0 Å². The Bertz CT molecular complexity index is 787. The summed E-state index contributed by atoms with van der Waals surface area (Å²) in [4.78, 5) is 10.7. The molecule has 1 aromatic heterocycles. The van der Waals surface area contributed by atoms with Crippen LogP contribution < -0.4 is 4.74 Å². The van der Waals surface area contributed by atoms with Crippen LogP contribution in [0, 0.1) is 0 Å². The fourth-order valence-corrected chi connectivity index (χ4v) is 2.71. The molecule has 2 aromatic rings. The number of esters is 1. The number of nitrogens with zero attached hydrogens (tertiary/aromatic N) is 3. The van der Waals surface area contributed by atoms with Gasteiger partial charge in [0.05, 0.1) is 0 Å². The molecule has 1 N–H and O–H groups in total. The Morgan fingerprint density at radius 1 is 1.48 bits per heavy atom. The van der Waals surface area contributed by atoms with E-state index in [1.807, 2.05) is 0 Å².